The summed E-state index contributed by atoms with van der Waals surface area (Å²) in [6.45, 7) is 4.51. The van der Waals surface area contributed by atoms with E-state index in [0.717, 1.165) is 29.2 Å². The second-order valence-electron chi connectivity index (χ2n) is 6.28. The molecule has 1 aliphatic rings. The van der Waals surface area contributed by atoms with Crippen molar-refractivity contribution in [1.82, 2.24) is 0 Å². The first-order valence-corrected chi connectivity index (χ1v) is 9.55. The van der Waals surface area contributed by atoms with Crippen LogP contribution in [-0.4, -0.2) is 5.71 Å². The van der Waals surface area contributed by atoms with Gasteiger partial charge in [0.1, 0.15) is 0 Å². The maximum Gasteiger partial charge on any atom is 0.247 e. The lowest BCUT2D eigenvalue weighted by molar-refractivity contribution is 0.457. The number of hydrogen-bond donors (Lipinski definition) is 0. The second kappa shape index (κ2) is 6.22. The molecule has 0 bridgehead atoms. The van der Waals surface area contributed by atoms with Crippen LogP contribution < -0.4 is 10.6 Å². The van der Waals surface area contributed by atoms with Gasteiger partial charge in [0.15, 0.2) is 0 Å². The fourth-order valence-corrected chi connectivity index (χ4v) is 5.28. The molecule has 0 spiro atoms. The average molecular weight is 311 g/mol. The van der Waals surface area contributed by atoms with E-state index in [1.54, 1.807) is 0 Å². The minimum atomic E-state index is -2.94. The van der Waals surface area contributed by atoms with Crippen LogP contribution in [0.3, 0.4) is 0 Å². The molecule has 2 aromatic carbocycles. The third-order valence-corrected chi connectivity index (χ3v) is 7.14. The molecule has 0 radical (unpaired) electrons. The summed E-state index contributed by atoms with van der Waals surface area (Å²) < 4.78 is 18.6. The van der Waals surface area contributed by atoms with Gasteiger partial charge in [-0.1, -0.05) is 50.2 Å². The predicted molar refractivity (Wildman–Crippen MR) is 94.8 cm³/mol. The Morgan fingerprint density at radius 2 is 1.23 bits per heavy atom. The maximum absolute atomic E-state index is 13.8. The number of hydrogen-bond acceptors (Lipinski definition) is 1. The van der Waals surface area contributed by atoms with Crippen LogP contribution in [0.4, 0.5) is 0 Å². The second-order valence-corrected chi connectivity index (χ2v) is 8.66. The lowest BCUT2D eigenvalue weighted by Gasteiger charge is -2.15. The van der Waals surface area contributed by atoms with Gasteiger partial charge in [-0.25, -0.2) is 4.76 Å². The molecule has 114 valence electrons. The molecular weight excluding hydrogens is 289 g/mol. The van der Waals surface area contributed by atoms with Gasteiger partial charge in [0.25, 0.3) is 0 Å². The molecule has 3 rings (SSSR count). The predicted octanol–water partition coefficient (Wildman–Crippen LogP) is 4.42. The van der Waals surface area contributed by atoms with E-state index < -0.39 is 7.29 Å². The van der Waals surface area contributed by atoms with Crippen LogP contribution in [0, 0.1) is 11.8 Å². The van der Waals surface area contributed by atoms with Crippen molar-refractivity contribution in [2.24, 2.45) is 16.6 Å². The smallest absolute Gasteiger partial charge is 0.247 e. The maximum atomic E-state index is 13.8. The van der Waals surface area contributed by atoms with Gasteiger partial charge in [0.2, 0.25) is 7.29 Å². The highest BCUT2D eigenvalue weighted by Crippen LogP contribution is 2.47. The van der Waals surface area contributed by atoms with E-state index in [1.165, 1.54) is 0 Å². The summed E-state index contributed by atoms with van der Waals surface area (Å²) in [6, 6.07) is 19.4. The van der Waals surface area contributed by atoms with E-state index in [2.05, 4.69) is 13.8 Å². The highest BCUT2D eigenvalue weighted by Gasteiger charge is 2.31. The molecule has 0 N–H and O–H groups in total. The van der Waals surface area contributed by atoms with Crippen molar-refractivity contribution in [3.8, 4) is 0 Å². The first-order chi connectivity index (χ1) is 10.6. The molecule has 2 nitrogen and oxygen atoms in total. The van der Waals surface area contributed by atoms with Gasteiger partial charge in [0, 0.05) is 16.3 Å². The number of rotatable bonds is 3. The lowest BCUT2D eigenvalue weighted by Crippen LogP contribution is -2.15. The molecule has 0 unspecified atom stereocenters. The van der Waals surface area contributed by atoms with E-state index in [4.69, 9.17) is 4.76 Å². The molecular formula is C19H22NOP. The van der Waals surface area contributed by atoms with Crippen molar-refractivity contribution in [2.75, 3.05) is 0 Å². The fourth-order valence-electron chi connectivity index (χ4n) is 3.03. The van der Waals surface area contributed by atoms with Gasteiger partial charge in [-0.15, -0.1) is 0 Å². The van der Waals surface area contributed by atoms with Gasteiger partial charge in [-0.05, 0) is 48.9 Å². The fraction of sp³-hybridized carbons (Fsp3) is 0.316. The summed E-state index contributed by atoms with van der Waals surface area (Å²) in [5, 5.41) is 1.64. The minimum Gasteiger partial charge on any atom is -0.288 e. The Labute approximate surface area is 132 Å². The molecule has 1 saturated carbocycles. The van der Waals surface area contributed by atoms with Crippen LogP contribution >= 0.6 is 7.29 Å². The summed E-state index contributed by atoms with van der Waals surface area (Å²) >= 11 is 0. The standard InChI is InChI=1S/C19H22NOP/c1-15-13-17(14-16(15)2)20-22(21,18-9-5-3-6-10-18)19-11-7-4-8-12-19/h3-12,15-16H,13-14H2,1-2H3/t15-,16-/m0/s1. The van der Waals surface area contributed by atoms with Gasteiger partial charge in [-0.2, -0.15) is 0 Å². The molecule has 0 saturated heterocycles. The Morgan fingerprint density at radius 1 is 0.818 bits per heavy atom. The van der Waals surface area contributed by atoms with E-state index in [0.29, 0.717) is 11.8 Å². The van der Waals surface area contributed by atoms with Crippen LogP contribution in [0.25, 0.3) is 0 Å². The van der Waals surface area contributed by atoms with Crippen molar-refractivity contribution >= 4 is 23.6 Å². The largest absolute Gasteiger partial charge is 0.288 e. The van der Waals surface area contributed by atoms with Crippen LogP contribution in [0.15, 0.2) is 65.4 Å². The topological polar surface area (TPSA) is 29.4 Å². The van der Waals surface area contributed by atoms with E-state index >= 15 is 0 Å². The molecule has 3 heteroatoms. The first-order valence-electron chi connectivity index (χ1n) is 7.89. The van der Waals surface area contributed by atoms with E-state index in [1.807, 2.05) is 60.7 Å². The Kier molecular flexibility index (Phi) is 4.31. The van der Waals surface area contributed by atoms with Crippen molar-refractivity contribution in [2.45, 2.75) is 26.7 Å². The SMILES string of the molecule is C[C@H]1CC(=NP(=O)(c2ccccc2)c2ccccc2)C[C@@H]1C. The Hall–Kier alpha value is -1.66. The molecule has 1 aliphatic carbocycles. The van der Waals surface area contributed by atoms with Gasteiger partial charge in [-0.3, -0.25) is 4.57 Å². The quantitative estimate of drug-likeness (QED) is 0.771. The van der Waals surface area contributed by atoms with Crippen molar-refractivity contribution in [3.63, 3.8) is 0 Å². The summed E-state index contributed by atoms with van der Waals surface area (Å²) in [6.07, 6.45) is 1.93. The number of benzene rings is 2. The summed E-state index contributed by atoms with van der Waals surface area (Å²) in [7, 11) is -2.94. The molecule has 0 amide bonds. The van der Waals surface area contributed by atoms with Gasteiger partial charge < -0.3 is 0 Å². The molecule has 0 aliphatic heterocycles. The summed E-state index contributed by atoms with van der Waals surface area (Å²) in [5.74, 6) is 1.25. The third kappa shape index (κ3) is 2.94. The molecule has 2 aromatic rings. The molecule has 0 aromatic heterocycles. The Balaban J connectivity index is 2.09. The molecule has 22 heavy (non-hydrogen) atoms. The molecule has 1 fully saturated rings. The van der Waals surface area contributed by atoms with E-state index in [-0.39, 0.29) is 0 Å². The zero-order valence-corrected chi connectivity index (χ0v) is 14.0. The Bertz CT molecular complexity index is 653. The zero-order chi connectivity index (χ0) is 15.6. The van der Waals surface area contributed by atoms with Crippen LogP contribution in [0.5, 0.6) is 0 Å². The average Bonchev–Trinajstić information content (AvgIpc) is 2.86. The minimum absolute atomic E-state index is 0.624. The summed E-state index contributed by atoms with van der Waals surface area (Å²) in [4.78, 5) is 0. The van der Waals surface area contributed by atoms with Gasteiger partial charge >= 0.3 is 0 Å². The Morgan fingerprint density at radius 3 is 1.64 bits per heavy atom. The highest BCUT2D eigenvalue weighted by atomic mass is 31.2. The number of nitrogens with zero attached hydrogens (tertiary/aromatic N) is 1. The van der Waals surface area contributed by atoms with Crippen molar-refractivity contribution in [1.29, 1.82) is 0 Å². The van der Waals surface area contributed by atoms with E-state index in [9.17, 15) is 4.57 Å². The van der Waals surface area contributed by atoms with Crippen molar-refractivity contribution in [3.05, 3.63) is 60.7 Å². The highest BCUT2D eigenvalue weighted by molar-refractivity contribution is 7.77. The van der Waals surface area contributed by atoms with Crippen LogP contribution in [0.2, 0.25) is 0 Å². The van der Waals surface area contributed by atoms with Gasteiger partial charge in [0.05, 0.1) is 0 Å². The van der Waals surface area contributed by atoms with Crippen LogP contribution in [-0.2, 0) is 4.57 Å². The lowest BCUT2D eigenvalue weighted by atomic mass is 10.0. The first kappa shape index (κ1) is 15.2. The zero-order valence-electron chi connectivity index (χ0n) is 13.1. The normalized spacial score (nSPS) is 21.8. The monoisotopic (exact) mass is 311 g/mol. The summed E-state index contributed by atoms with van der Waals surface area (Å²) in [5.41, 5.74) is 1.11. The van der Waals surface area contributed by atoms with Crippen LogP contribution in [0.1, 0.15) is 26.7 Å². The molecule has 2 atom stereocenters. The molecule has 0 heterocycles. The third-order valence-electron chi connectivity index (χ3n) is 4.58. The van der Waals surface area contributed by atoms with Crippen molar-refractivity contribution < 1.29 is 4.57 Å².